The van der Waals surface area contributed by atoms with E-state index in [-0.39, 0.29) is 29.4 Å². The Morgan fingerprint density at radius 3 is 2.76 bits per heavy atom. The van der Waals surface area contributed by atoms with Crippen LogP contribution in [-0.4, -0.2) is 61.2 Å². The molecule has 0 amide bonds. The first-order valence-electron chi connectivity index (χ1n) is 10.7. The van der Waals surface area contributed by atoms with E-state index >= 15 is 0 Å². The summed E-state index contributed by atoms with van der Waals surface area (Å²) in [6.07, 6.45) is 9.03. The van der Waals surface area contributed by atoms with Gasteiger partial charge in [0.05, 0.1) is 18.0 Å². The molecule has 3 atom stereocenters. The van der Waals surface area contributed by atoms with Gasteiger partial charge in [0.2, 0.25) is 0 Å². The molecule has 2 saturated heterocycles. The van der Waals surface area contributed by atoms with Gasteiger partial charge in [-0.15, -0.1) is 24.0 Å². The van der Waals surface area contributed by atoms with Crippen molar-refractivity contribution < 1.29 is 4.74 Å². The first-order valence-corrected chi connectivity index (χ1v) is 10.7. The van der Waals surface area contributed by atoms with Gasteiger partial charge in [-0.25, -0.2) is 0 Å². The zero-order chi connectivity index (χ0) is 20.1. The monoisotopic (exact) mass is 518 g/mol. The topological polar surface area (TPSA) is 66.7 Å². The number of anilines is 1. The van der Waals surface area contributed by atoms with E-state index in [1.165, 1.54) is 18.5 Å². The molecule has 1 aromatic rings. The molecule has 29 heavy (non-hydrogen) atoms. The van der Waals surface area contributed by atoms with Crippen molar-refractivity contribution in [3.8, 4) is 0 Å². The Labute approximate surface area is 193 Å². The number of nitrogens with zero attached hydrogens (tertiary/aromatic N) is 4. The van der Waals surface area contributed by atoms with Crippen molar-refractivity contribution in [3.63, 3.8) is 0 Å². The zero-order valence-corrected chi connectivity index (χ0v) is 21.0. The van der Waals surface area contributed by atoms with Gasteiger partial charge in [-0.1, -0.05) is 20.8 Å². The SMILES string of the molecule is CN=C(NCC1CCCOC1C(C)(C)C)NC1CCCN(c2cnn(C)c2)C1.I. The largest absolute Gasteiger partial charge is 0.377 e. The van der Waals surface area contributed by atoms with Crippen molar-refractivity contribution in [1.82, 2.24) is 20.4 Å². The standard InChI is InChI=1S/C21H38N6O.HI/c1-21(2,3)19-16(8-7-11-28-19)12-23-20(22-4)25-17-9-6-10-27(14-17)18-13-24-26(5)15-18;/h13,15-17,19H,6-12,14H2,1-5H3,(H2,22,23,25);1H. The van der Waals surface area contributed by atoms with Crippen molar-refractivity contribution in [2.45, 2.75) is 58.6 Å². The number of ether oxygens (including phenoxy) is 1. The van der Waals surface area contributed by atoms with Gasteiger partial charge < -0.3 is 20.3 Å². The molecule has 0 spiro atoms. The minimum atomic E-state index is 0. The molecule has 7 nitrogen and oxygen atoms in total. The van der Waals surface area contributed by atoms with Crippen LogP contribution in [0, 0.1) is 11.3 Å². The van der Waals surface area contributed by atoms with Crippen LogP contribution in [0.15, 0.2) is 17.4 Å². The van der Waals surface area contributed by atoms with Gasteiger partial charge in [0.25, 0.3) is 0 Å². The van der Waals surface area contributed by atoms with E-state index in [2.05, 4.69) is 52.6 Å². The lowest BCUT2D eigenvalue weighted by atomic mass is 9.78. The van der Waals surface area contributed by atoms with Crippen LogP contribution in [0.5, 0.6) is 0 Å². The molecular formula is C21H39IN6O. The molecule has 2 N–H and O–H groups in total. The molecule has 2 fully saturated rings. The number of piperidine rings is 1. The van der Waals surface area contributed by atoms with Gasteiger partial charge in [0.1, 0.15) is 0 Å². The summed E-state index contributed by atoms with van der Waals surface area (Å²) in [5.41, 5.74) is 1.36. The molecule has 0 saturated carbocycles. The Morgan fingerprint density at radius 1 is 1.31 bits per heavy atom. The van der Waals surface area contributed by atoms with Gasteiger partial charge in [-0.2, -0.15) is 5.10 Å². The van der Waals surface area contributed by atoms with Crippen LogP contribution in [-0.2, 0) is 11.8 Å². The van der Waals surface area contributed by atoms with Crippen molar-refractivity contribution in [2.24, 2.45) is 23.4 Å². The van der Waals surface area contributed by atoms with E-state index in [1.54, 1.807) is 0 Å². The third-order valence-electron chi connectivity index (χ3n) is 5.87. The molecule has 3 heterocycles. The maximum Gasteiger partial charge on any atom is 0.191 e. The van der Waals surface area contributed by atoms with Crippen LogP contribution in [0.3, 0.4) is 0 Å². The summed E-state index contributed by atoms with van der Waals surface area (Å²) in [5, 5.41) is 11.5. The van der Waals surface area contributed by atoms with E-state index in [9.17, 15) is 0 Å². The van der Waals surface area contributed by atoms with Crippen LogP contribution in [0.25, 0.3) is 0 Å². The summed E-state index contributed by atoms with van der Waals surface area (Å²) in [4.78, 5) is 6.88. The van der Waals surface area contributed by atoms with Crippen LogP contribution < -0.4 is 15.5 Å². The van der Waals surface area contributed by atoms with Gasteiger partial charge >= 0.3 is 0 Å². The number of guanidine groups is 1. The molecule has 3 unspecified atom stereocenters. The number of hydrogen-bond acceptors (Lipinski definition) is 4. The normalized spacial score (nSPS) is 26.0. The van der Waals surface area contributed by atoms with E-state index in [1.807, 2.05) is 25.0 Å². The van der Waals surface area contributed by atoms with Crippen LogP contribution in [0.4, 0.5) is 5.69 Å². The predicted molar refractivity (Wildman–Crippen MR) is 130 cm³/mol. The maximum absolute atomic E-state index is 6.12. The summed E-state index contributed by atoms with van der Waals surface area (Å²) in [5.74, 6) is 1.42. The van der Waals surface area contributed by atoms with Crippen LogP contribution in [0.2, 0.25) is 0 Å². The van der Waals surface area contributed by atoms with Crippen molar-refractivity contribution in [1.29, 1.82) is 0 Å². The Balaban J connectivity index is 0.00000300. The molecular weight excluding hydrogens is 479 g/mol. The first kappa shape index (κ1) is 24.2. The summed E-state index contributed by atoms with van der Waals surface area (Å²) in [7, 11) is 3.82. The number of aromatic nitrogens is 2. The van der Waals surface area contributed by atoms with E-state index in [0.29, 0.717) is 18.1 Å². The van der Waals surface area contributed by atoms with Crippen molar-refractivity contribution >= 4 is 35.6 Å². The third-order valence-corrected chi connectivity index (χ3v) is 5.87. The fourth-order valence-corrected chi connectivity index (χ4v) is 4.53. The van der Waals surface area contributed by atoms with Gasteiger partial charge in [-0.05, 0) is 31.1 Å². The second kappa shape index (κ2) is 10.8. The lowest BCUT2D eigenvalue weighted by Crippen LogP contribution is -2.53. The molecule has 0 aliphatic carbocycles. The zero-order valence-electron chi connectivity index (χ0n) is 18.6. The molecule has 1 aromatic heterocycles. The highest BCUT2D eigenvalue weighted by Crippen LogP contribution is 2.33. The minimum absolute atomic E-state index is 0. The lowest BCUT2D eigenvalue weighted by Gasteiger charge is -2.40. The molecule has 0 aromatic carbocycles. The lowest BCUT2D eigenvalue weighted by molar-refractivity contribution is -0.0835. The minimum Gasteiger partial charge on any atom is -0.377 e. The molecule has 166 valence electrons. The average Bonchev–Trinajstić information content (AvgIpc) is 3.11. The van der Waals surface area contributed by atoms with Crippen molar-refractivity contribution in [3.05, 3.63) is 12.4 Å². The van der Waals surface area contributed by atoms with Gasteiger partial charge in [0.15, 0.2) is 5.96 Å². The number of aryl methyl sites for hydroxylation is 1. The predicted octanol–water partition coefficient (Wildman–Crippen LogP) is 3.01. The summed E-state index contributed by atoms with van der Waals surface area (Å²) >= 11 is 0. The third kappa shape index (κ3) is 6.73. The molecule has 0 radical (unpaired) electrons. The summed E-state index contributed by atoms with van der Waals surface area (Å²) in [6.45, 7) is 10.7. The Morgan fingerprint density at radius 2 is 2.10 bits per heavy atom. The highest BCUT2D eigenvalue weighted by Gasteiger charge is 2.35. The number of aliphatic imine (C=N–C) groups is 1. The molecule has 2 aliphatic heterocycles. The van der Waals surface area contributed by atoms with Crippen molar-refractivity contribution in [2.75, 3.05) is 38.2 Å². The first-order chi connectivity index (χ1) is 13.4. The fourth-order valence-electron chi connectivity index (χ4n) is 4.53. The highest BCUT2D eigenvalue weighted by atomic mass is 127. The van der Waals surface area contributed by atoms with E-state index in [4.69, 9.17) is 4.74 Å². The number of halogens is 1. The molecule has 3 rings (SSSR count). The Bertz CT molecular complexity index is 656. The van der Waals surface area contributed by atoms with E-state index < -0.39 is 0 Å². The van der Waals surface area contributed by atoms with Crippen LogP contribution in [0.1, 0.15) is 46.5 Å². The van der Waals surface area contributed by atoms with Crippen LogP contribution >= 0.6 is 24.0 Å². The molecule has 2 aliphatic rings. The number of nitrogens with one attached hydrogen (secondary N) is 2. The second-order valence-corrected chi connectivity index (χ2v) is 9.31. The summed E-state index contributed by atoms with van der Waals surface area (Å²) < 4.78 is 7.99. The number of rotatable bonds is 4. The maximum atomic E-state index is 6.12. The van der Waals surface area contributed by atoms with E-state index in [0.717, 1.165) is 45.0 Å². The second-order valence-electron chi connectivity index (χ2n) is 9.31. The number of hydrogen-bond donors (Lipinski definition) is 2. The quantitative estimate of drug-likeness (QED) is 0.365. The average molecular weight is 518 g/mol. The van der Waals surface area contributed by atoms with Gasteiger partial charge in [-0.3, -0.25) is 9.67 Å². The molecule has 0 bridgehead atoms. The summed E-state index contributed by atoms with van der Waals surface area (Å²) in [6, 6.07) is 0.390. The smallest absolute Gasteiger partial charge is 0.191 e. The highest BCUT2D eigenvalue weighted by molar-refractivity contribution is 14.0. The Hall–Kier alpha value is -1.03. The van der Waals surface area contributed by atoms with Gasteiger partial charge in [0, 0.05) is 58.5 Å². The molecule has 8 heteroatoms. The fraction of sp³-hybridized carbons (Fsp3) is 0.810. The Kier molecular flexibility index (Phi) is 9.06.